The maximum Gasteiger partial charge on any atom is 0.341 e. The van der Waals surface area contributed by atoms with Gasteiger partial charge in [-0.2, -0.15) is 0 Å². The molecule has 1 aliphatic heterocycles. The van der Waals surface area contributed by atoms with Gasteiger partial charge in [-0.1, -0.05) is 75.8 Å². The van der Waals surface area contributed by atoms with Crippen molar-refractivity contribution in [3.8, 4) is 5.75 Å². The maximum absolute atomic E-state index is 12.8. The second-order valence-corrected chi connectivity index (χ2v) is 9.81. The number of allylic oxidation sites excluding steroid dienone is 2. The monoisotopic (exact) mass is 512 g/mol. The lowest BCUT2D eigenvalue weighted by molar-refractivity contribution is -0.146. The topological polar surface area (TPSA) is 77.0 Å². The van der Waals surface area contributed by atoms with E-state index in [1.807, 2.05) is 19.1 Å². The molecule has 1 N–H and O–H groups in total. The molecule has 37 heavy (non-hydrogen) atoms. The van der Waals surface area contributed by atoms with E-state index >= 15 is 0 Å². The van der Waals surface area contributed by atoms with Crippen molar-refractivity contribution in [2.45, 2.75) is 111 Å². The number of esters is 1. The SMILES string of the molecule is CCCCCCCCC=CCCCCCc1cccc(C2NC(=O)N=C(C)C2C(=O)OCC)c1OCC. The number of para-hydroxylation sites is 1. The van der Waals surface area contributed by atoms with Gasteiger partial charge in [-0.15, -0.1) is 0 Å². The third kappa shape index (κ3) is 10.3. The number of urea groups is 1. The van der Waals surface area contributed by atoms with Crippen LogP contribution < -0.4 is 10.1 Å². The van der Waals surface area contributed by atoms with Crippen LogP contribution in [0.5, 0.6) is 5.75 Å². The van der Waals surface area contributed by atoms with E-state index in [0.29, 0.717) is 12.3 Å². The lowest BCUT2D eigenvalue weighted by Crippen LogP contribution is -2.44. The summed E-state index contributed by atoms with van der Waals surface area (Å²) in [6.07, 6.45) is 19.4. The molecule has 2 atom stereocenters. The summed E-state index contributed by atoms with van der Waals surface area (Å²) in [4.78, 5) is 29.0. The van der Waals surface area contributed by atoms with Gasteiger partial charge in [0.25, 0.3) is 0 Å². The summed E-state index contributed by atoms with van der Waals surface area (Å²) in [7, 11) is 0. The molecule has 1 aromatic carbocycles. The van der Waals surface area contributed by atoms with Crippen LogP contribution in [0.2, 0.25) is 0 Å². The molecule has 2 unspecified atom stereocenters. The van der Waals surface area contributed by atoms with Crippen LogP contribution in [0.1, 0.15) is 115 Å². The number of nitrogens with one attached hydrogen (secondary N) is 1. The summed E-state index contributed by atoms with van der Waals surface area (Å²) in [5, 5.41) is 2.88. The second-order valence-electron chi connectivity index (χ2n) is 9.81. The Kier molecular flexibility index (Phi) is 14.7. The molecule has 0 saturated heterocycles. The summed E-state index contributed by atoms with van der Waals surface area (Å²) < 4.78 is 11.4. The van der Waals surface area contributed by atoms with Gasteiger partial charge < -0.3 is 14.8 Å². The van der Waals surface area contributed by atoms with Crippen LogP contribution in [0.25, 0.3) is 0 Å². The molecule has 0 spiro atoms. The highest BCUT2D eigenvalue weighted by molar-refractivity contribution is 6.08. The fraction of sp³-hybridized carbons (Fsp3) is 0.645. The van der Waals surface area contributed by atoms with Crippen LogP contribution in [0.4, 0.5) is 4.79 Å². The number of unbranched alkanes of at least 4 members (excludes halogenated alkanes) is 9. The molecule has 2 rings (SSSR count). The van der Waals surface area contributed by atoms with Crippen molar-refractivity contribution < 1.29 is 19.1 Å². The number of hydrogen-bond acceptors (Lipinski definition) is 4. The Morgan fingerprint density at radius 2 is 1.62 bits per heavy atom. The quantitative estimate of drug-likeness (QED) is 0.123. The van der Waals surface area contributed by atoms with E-state index in [4.69, 9.17) is 9.47 Å². The van der Waals surface area contributed by atoms with Crippen LogP contribution >= 0.6 is 0 Å². The summed E-state index contributed by atoms with van der Waals surface area (Å²) >= 11 is 0. The molecular weight excluding hydrogens is 464 g/mol. The summed E-state index contributed by atoms with van der Waals surface area (Å²) in [6.45, 7) is 8.47. The van der Waals surface area contributed by atoms with E-state index in [9.17, 15) is 9.59 Å². The average Bonchev–Trinajstić information content (AvgIpc) is 2.87. The Hall–Kier alpha value is -2.63. The Bertz CT molecular complexity index is 893. The number of carbonyl (C=O) groups is 2. The first-order valence-corrected chi connectivity index (χ1v) is 14.4. The van der Waals surface area contributed by atoms with Crippen LogP contribution in [-0.4, -0.2) is 30.9 Å². The van der Waals surface area contributed by atoms with Crippen LogP contribution in [0, 0.1) is 5.92 Å². The molecule has 0 aromatic heterocycles. The van der Waals surface area contributed by atoms with Crippen molar-refractivity contribution in [1.29, 1.82) is 0 Å². The molecule has 1 heterocycles. The van der Waals surface area contributed by atoms with Gasteiger partial charge in [0.1, 0.15) is 11.7 Å². The lowest BCUT2D eigenvalue weighted by atomic mass is 9.86. The number of amides is 2. The number of aliphatic imine (C=N–C) groups is 1. The van der Waals surface area contributed by atoms with Crippen molar-refractivity contribution in [3.05, 3.63) is 41.5 Å². The Balaban J connectivity index is 1.93. The highest BCUT2D eigenvalue weighted by atomic mass is 16.5. The average molecular weight is 513 g/mol. The van der Waals surface area contributed by atoms with Crippen LogP contribution in [-0.2, 0) is 16.0 Å². The third-order valence-corrected chi connectivity index (χ3v) is 6.84. The van der Waals surface area contributed by atoms with Gasteiger partial charge in [-0.3, -0.25) is 4.79 Å². The van der Waals surface area contributed by atoms with E-state index in [-0.39, 0.29) is 12.6 Å². The number of aryl methyl sites for hydroxylation is 1. The Morgan fingerprint density at radius 1 is 0.946 bits per heavy atom. The predicted molar refractivity (Wildman–Crippen MR) is 151 cm³/mol. The van der Waals surface area contributed by atoms with Crippen molar-refractivity contribution >= 4 is 17.7 Å². The molecule has 0 bridgehead atoms. The van der Waals surface area contributed by atoms with E-state index in [1.54, 1.807) is 13.8 Å². The molecule has 2 amide bonds. The van der Waals surface area contributed by atoms with Gasteiger partial charge >= 0.3 is 12.0 Å². The molecule has 6 heteroatoms. The molecule has 0 radical (unpaired) electrons. The molecule has 206 valence electrons. The van der Waals surface area contributed by atoms with E-state index in [2.05, 4.69) is 35.5 Å². The minimum absolute atomic E-state index is 0.274. The summed E-state index contributed by atoms with van der Waals surface area (Å²) in [5.41, 5.74) is 2.37. The van der Waals surface area contributed by atoms with Gasteiger partial charge in [-0.25, -0.2) is 9.79 Å². The van der Waals surface area contributed by atoms with Gasteiger partial charge in [0.05, 0.1) is 19.3 Å². The summed E-state index contributed by atoms with van der Waals surface area (Å²) in [5.74, 6) is -0.292. The van der Waals surface area contributed by atoms with E-state index in [0.717, 1.165) is 42.6 Å². The number of benzene rings is 1. The first kappa shape index (κ1) is 30.6. The van der Waals surface area contributed by atoms with Crippen molar-refractivity contribution in [3.63, 3.8) is 0 Å². The predicted octanol–water partition coefficient (Wildman–Crippen LogP) is 7.90. The maximum atomic E-state index is 12.8. The number of rotatable bonds is 18. The minimum atomic E-state index is -0.671. The first-order valence-electron chi connectivity index (χ1n) is 14.4. The number of hydrogen-bond donors (Lipinski definition) is 1. The molecule has 0 saturated carbocycles. The summed E-state index contributed by atoms with van der Waals surface area (Å²) in [6, 6.07) is 4.98. The number of ether oxygens (including phenoxy) is 2. The smallest absolute Gasteiger partial charge is 0.341 e. The highest BCUT2D eigenvalue weighted by Crippen LogP contribution is 2.37. The highest BCUT2D eigenvalue weighted by Gasteiger charge is 2.39. The van der Waals surface area contributed by atoms with Gasteiger partial charge in [-0.05, 0) is 64.9 Å². The van der Waals surface area contributed by atoms with Crippen molar-refractivity contribution in [2.75, 3.05) is 13.2 Å². The third-order valence-electron chi connectivity index (χ3n) is 6.84. The second kappa shape index (κ2) is 17.8. The molecule has 1 aliphatic rings. The van der Waals surface area contributed by atoms with Crippen LogP contribution in [0.3, 0.4) is 0 Å². The fourth-order valence-electron chi connectivity index (χ4n) is 4.92. The van der Waals surface area contributed by atoms with Gasteiger partial charge in [0, 0.05) is 11.3 Å². The molecule has 0 aliphatic carbocycles. The number of carbonyl (C=O) groups excluding carboxylic acids is 2. The van der Waals surface area contributed by atoms with Crippen LogP contribution in [0.15, 0.2) is 35.3 Å². The zero-order chi connectivity index (χ0) is 26.9. The Labute approximate surface area is 224 Å². The number of nitrogens with zero attached hydrogens (tertiary/aromatic N) is 1. The standard InChI is InChI=1S/C31H48N2O4/c1-5-8-9-10-11-12-13-14-15-16-17-18-19-21-25-22-20-23-26(29(25)36-6-2)28-27(30(34)37-7-3)24(4)32-31(35)33-28/h14-15,20,22-23,27-28H,5-13,16-19,21H2,1-4H3,(H,33,35). The first-order chi connectivity index (χ1) is 18.0. The van der Waals surface area contributed by atoms with Gasteiger partial charge in [0.15, 0.2) is 0 Å². The zero-order valence-electron chi connectivity index (χ0n) is 23.5. The molecule has 6 nitrogen and oxygen atoms in total. The van der Waals surface area contributed by atoms with Gasteiger partial charge in [0.2, 0.25) is 0 Å². The fourth-order valence-corrected chi connectivity index (χ4v) is 4.92. The largest absolute Gasteiger partial charge is 0.493 e. The molecule has 1 aromatic rings. The zero-order valence-corrected chi connectivity index (χ0v) is 23.5. The molecule has 0 fully saturated rings. The Morgan fingerprint density at radius 3 is 2.30 bits per heavy atom. The van der Waals surface area contributed by atoms with E-state index < -0.39 is 18.0 Å². The lowest BCUT2D eigenvalue weighted by Gasteiger charge is -2.31. The van der Waals surface area contributed by atoms with Crippen molar-refractivity contribution in [2.24, 2.45) is 10.9 Å². The van der Waals surface area contributed by atoms with E-state index in [1.165, 1.54) is 51.4 Å². The van der Waals surface area contributed by atoms with Crippen molar-refractivity contribution in [1.82, 2.24) is 5.32 Å². The normalized spacial score (nSPS) is 17.5. The molecular formula is C31H48N2O4. The minimum Gasteiger partial charge on any atom is -0.493 e.